The first-order valence-corrected chi connectivity index (χ1v) is 3.82. The van der Waals surface area contributed by atoms with Crippen LogP contribution in [0.15, 0.2) is 30.6 Å². The van der Waals surface area contributed by atoms with E-state index in [1.54, 1.807) is 13.0 Å². The molecule has 1 heterocycles. The average molecular weight is 289 g/mol. The number of aryl methyl sites for hydroxylation is 1. The number of hydrogen-bond donors (Lipinski definition) is 0. The Bertz CT molecular complexity index is 320. The Hall–Kier alpha value is -0.710. The van der Waals surface area contributed by atoms with E-state index in [2.05, 4.69) is 0 Å². The van der Waals surface area contributed by atoms with Crippen molar-refractivity contribution in [3.8, 4) is 0 Å². The van der Waals surface area contributed by atoms with Gasteiger partial charge in [0.1, 0.15) is 7.05 Å². The molecule has 0 bridgehead atoms. The van der Waals surface area contributed by atoms with Crippen molar-refractivity contribution in [1.82, 2.24) is 0 Å². The molecule has 0 fully saturated rings. The Labute approximate surface area is 95.3 Å². The van der Waals surface area contributed by atoms with Gasteiger partial charge in [-0.25, -0.2) is 4.57 Å². The molecule has 3 heteroatoms. The van der Waals surface area contributed by atoms with Crippen LogP contribution in [-0.2, 0) is 11.8 Å². The molecule has 0 amide bonds. The molecular weight excluding hydrogens is 277 g/mol. The molecule has 0 radical (unpaired) electrons. The van der Waals surface area contributed by atoms with Crippen LogP contribution in [-0.4, -0.2) is 5.78 Å². The van der Waals surface area contributed by atoms with Crippen molar-refractivity contribution in [2.75, 3.05) is 0 Å². The quantitative estimate of drug-likeness (QED) is 0.355. The van der Waals surface area contributed by atoms with Crippen LogP contribution in [0.1, 0.15) is 12.5 Å². The Kier molecular flexibility index (Phi) is 5.53. The molecule has 0 aliphatic rings. The van der Waals surface area contributed by atoms with Gasteiger partial charge in [-0.15, -0.1) is 0 Å². The van der Waals surface area contributed by atoms with E-state index in [0.717, 1.165) is 5.56 Å². The Balaban J connectivity index is 0.00000144. The zero-order valence-electron chi connectivity index (χ0n) is 7.70. The second kappa shape index (κ2) is 5.85. The van der Waals surface area contributed by atoms with Gasteiger partial charge >= 0.3 is 0 Å². The van der Waals surface area contributed by atoms with Crippen LogP contribution in [0.3, 0.4) is 0 Å². The van der Waals surface area contributed by atoms with Gasteiger partial charge in [0.25, 0.3) is 0 Å². The SMILES string of the molecule is CC(=O)/C=C/c1ccc[n+](C)c1.[I-]. The summed E-state index contributed by atoms with van der Waals surface area (Å²) < 4.78 is 1.94. The number of carbonyl (C=O) groups excluding carboxylic acids is 1. The number of allylic oxidation sites excluding steroid dienone is 1. The lowest BCUT2D eigenvalue weighted by Crippen LogP contribution is -3.00. The number of nitrogens with zero attached hydrogens (tertiary/aromatic N) is 1. The maximum Gasteiger partial charge on any atom is 0.175 e. The first-order valence-electron chi connectivity index (χ1n) is 3.82. The Morgan fingerprint density at radius 3 is 2.77 bits per heavy atom. The lowest BCUT2D eigenvalue weighted by Gasteiger charge is -1.89. The molecule has 1 rings (SSSR count). The second-order valence-corrected chi connectivity index (χ2v) is 2.75. The summed E-state index contributed by atoms with van der Waals surface area (Å²) in [6.45, 7) is 1.54. The highest BCUT2D eigenvalue weighted by Crippen LogP contribution is 1.96. The zero-order valence-corrected chi connectivity index (χ0v) is 9.86. The number of hydrogen-bond acceptors (Lipinski definition) is 1. The lowest BCUT2D eigenvalue weighted by molar-refractivity contribution is -0.671. The summed E-state index contributed by atoms with van der Waals surface area (Å²) in [7, 11) is 1.95. The first-order chi connectivity index (χ1) is 5.68. The fourth-order valence-corrected chi connectivity index (χ4v) is 0.923. The largest absolute Gasteiger partial charge is 1.00 e. The molecule has 2 nitrogen and oxygen atoms in total. The number of ketones is 1. The molecule has 1 aromatic rings. The van der Waals surface area contributed by atoms with Crippen LogP contribution in [0, 0.1) is 0 Å². The van der Waals surface area contributed by atoms with Crippen LogP contribution < -0.4 is 28.5 Å². The van der Waals surface area contributed by atoms with Crippen LogP contribution in [0.5, 0.6) is 0 Å². The molecule has 0 N–H and O–H groups in total. The summed E-state index contributed by atoms with van der Waals surface area (Å²) in [6, 6.07) is 3.90. The van der Waals surface area contributed by atoms with Crippen molar-refractivity contribution >= 4 is 11.9 Å². The zero-order chi connectivity index (χ0) is 8.97. The number of halogens is 1. The van der Waals surface area contributed by atoms with E-state index in [4.69, 9.17) is 0 Å². The number of rotatable bonds is 2. The Morgan fingerprint density at radius 1 is 1.54 bits per heavy atom. The van der Waals surface area contributed by atoms with Gasteiger partial charge in [0.05, 0.1) is 0 Å². The molecule has 0 unspecified atom stereocenters. The minimum atomic E-state index is 0. The molecule has 0 aliphatic heterocycles. The van der Waals surface area contributed by atoms with E-state index in [-0.39, 0.29) is 29.8 Å². The van der Waals surface area contributed by atoms with E-state index in [9.17, 15) is 4.79 Å². The number of aromatic nitrogens is 1. The summed E-state index contributed by atoms with van der Waals surface area (Å²) in [5.41, 5.74) is 1.04. The summed E-state index contributed by atoms with van der Waals surface area (Å²) in [4.78, 5) is 10.6. The highest BCUT2D eigenvalue weighted by atomic mass is 127. The second-order valence-electron chi connectivity index (χ2n) is 2.75. The fourth-order valence-electron chi connectivity index (χ4n) is 0.923. The third-order valence-electron chi connectivity index (χ3n) is 1.47. The normalized spacial score (nSPS) is 9.69. The van der Waals surface area contributed by atoms with E-state index in [1.165, 1.54) is 0 Å². The van der Waals surface area contributed by atoms with Gasteiger partial charge in [0.15, 0.2) is 18.2 Å². The highest BCUT2D eigenvalue weighted by Gasteiger charge is 1.92. The maximum atomic E-state index is 10.6. The summed E-state index contributed by atoms with van der Waals surface area (Å²) in [5, 5.41) is 0. The van der Waals surface area contributed by atoms with E-state index in [1.807, 2.05) is 42.2 Å². The molecule has 0 atom stereocenters. The summed E-state index contributed by atoms with van der Waals surface area (Å²) >= 11 is 0. The van der Waals surface area contributed by atoms with Crippen molar-refractivity contribution in [1.29, 1.82) is 0 Å². The first kappa shape index (κ1) is 12.3. The predicted octanol–water partition coefficient (Wildman–Crippen LogP) is -1.88. The van der Waals surface area contributed by atoms with Crippen molar-refractivity contribution in [3.05, 3.63) is 36.2 Å². The third kappa shape index (κ3) is 4.77. The lowest BCUT2D eigenvalue weighted by atomic mass is 10.2. The smallest absolute Gasteiger partial charge is 0.175 e. The molecular formula is C10H12INO. The molecule has 70 valence electrons. The van der Waals surface area contributed by atoms with Crippen molar-refractivity contribution in [2.24, 2.45) is 7.05 Å². The van der Waals surface area contributed by atoms with Crippen LogP contribution in [0.4, 0.5) is 0 Å². The maximum absolute atomic E-state index is 10.6. The van der Waals surface area contributed by atoms with Gasteiger partial charge in [-0.05, 0) is 25.1 Å². The van der Waals surface area contributed by atoms with E-state index in [0.29, 0.717) is 0 Å². The van der Waals surface area contributed by atoms with Gasteiger partial charge < -0.3 is 24.0 Å². The van der Waals surface area contributed by atoms with E-state index >= 15 is 0 Å². The van der Waals surface area contributed by atoms with Crippen molar-refractivity contribution in [2.45, 2.75) is 6.92 Å². The molecule has 1 aromatic heterocycles. The number of carbonyl (C=O) groups is 1. The standard InChI is InChI=1S/C10H12NO.HI/c1-9(12)5-6-10-4-3-7-11(2)8-10;/h3-8H,1-2H3;1H/q+1;/p-1/b6-5+;. The highest BCUT2D eigenvalue weighted by molar-refractivity contribution is 5.91. The molecule has 13 heavy (non-hydrogen) atoms. The van der Waals surface area contributed by atoms with Crippen molar-refractivity contribution in [3.63, 3.8) is 0 Å². The van der Waals surface area contributed by atoms with E-state index < -0.39 is 0 Å². The predicted molar refractivity (Wildman–Crippen MR) is 47.3 cm³/mol. The molecule has 0 aromatic carbocycles. The molecule has 0 aliphatic carbocycles. The fraction of sp³-hybridized carbons (Fsp3) is 0.200. The average Bonchev–Trinajstić information content (AvgIpc) is 2.01. The summed E-state index contributed by atoms with van der Waals surface area (Å²) in [5.74, 6) is 0.0708. The van der Waals surface area contributed by atoms with Gasteiger partial charge in [0.2, 0.25) is 0 Å². The molecule has 0 saturated heterocycles. The van der Waals surface area contributed by atoms with Crippen LogP contribution in [0.25, 0.3) is 6.08 Å². The van der Waals surface area contributed by atoms with Gasteiger partial charge in [0, 0.05) is 11.6 Å². The summed E-state index contributed by atoms with van der Waals surface area (Å²) in [6.07, 6.45) is 7.28. The third-order valence-corrected chi connectivity index (χ3v) is 1.47. The van der Waals surface area contributed by atoms with Gasteiger partial charge in [-0.1, -0.05) is 0 Å². The van der Waals surface area contributed by atoms with Gasteiger partial charge in [-0.2, -0.15) is 0 Å². The van der Waals surface area contributed by atoms with Gasteiger partial charge in [-0.3, -0.25) is 4.79 Å². The minimum Gasteiger partial charge on any atom is -1.00 e. The topological polar surface area (TPSA) is 20.9 Å². The van der Waals surface area contributed by atoms with Crippen LogP contribution in [0.2, 0.25) is 0 Å². The number of pyridine rings is 1. The molecule has 0 spiro atoms. The monoisotopic (exact) mass is 289 g/mol. The molecule has 0 saturated carbocycles. The minimum absolute atomic E-state index is 0. The Morgan fingerprint density at radius 2 is 2.23 bits per heavy atom. The van der Waals surface area contributed by atoms with Crippen LogP contribution >= 0.6 is 0 Å². The van der Waals surface area contributed by atoms with Crippen molar-refractivity contribution < 1.29 is 33.3 Å².